The zero-order valence-corrected chi connectivity index (χ0v) is 7.97. The van der Waals surface area contributed by atoms with Crippen LogP contribution in [0.5, 0.6) is 0 Å². The van der Waals surface area contributed by atoms with E-state index in [9.17, 15) is 0 Å². The molecule has 0 aromatic carbocycles. The van der Waals surface area contributed by atoms with E-state index in [0.717, 1.165) is 5.82 Å². The summed E-state index contributed by atoms with van der Waals surface area (Å²) in [5.74, 6) is 3.87. The molecule has 66 valence electrons. The van der Waals surface area contributed by atoms with Crippen LogP contribution in [0.3, 0.4) is 0 Å². The standard InChI is InChI=1S/C8H13N3S/c1-11-8(9)4-7(10-11)6-2-3-12-5-6/h4,6H,2-3,5,9H2,1H3. The predicted octanol–water partition coefficient (Wildman–Crippen LogP) is 1.22. The first kappa shape index (κ1) is 7.98. The number of nitrogens with two attached hydrogens (primary N) is 1. The fraction of sp³-hybridized carbons (Fsp3) is 0.625. The lowest BCUT2D eigenvalue weighted by Crippen LogP contribution is -1.99. The zero-order valence-electron chi connectivity index (χ0n) is 7.16. The second kappa shape index (κ2) is 3.01. The van der Waals surface area contributed by atoms with Gasteiger partial charge in [-0.25, -0.2) is 0 Å². The fourth-order valence-electron chi connectivity index (χ4n) is 1.47. The number of thioether (sulfide) groups is 1. The maximum atomic E-state index is 5.70. The molecular formula is C8H13N3S. The Bertz CT molecular complexity index is 256. The van der Waals surface area contributed by atoms with Crippen molar-refractivity contribution in [3.63, 3.8) is 0 Å². The first-order valence-electron chi connectivity index (χ1n) is 4.14. The SMILES string of the molecule is Cn1nc(C2CCSC2)cc1N. The van der Waals surface area contributed by atoms with Crippen LogP contribution >= 0.6 is 11.8 Å². The molecule has 1 aromatic rings. The van der Waals surface area contributed by atoms with Gasteiger partial charge in [-0.2, -0.15) is 16.9 Å². The number of aryl methyl sites for hydroxylation is 1. The van der Waals surface area contributed by atoms with Crippen LogP contribution in [0.2, 0.25) is 0 Å². The van der Waals surface area contributed by atoms with Crippen LogP contribution < -0.4 is 5.73 Å². The summed E-state index contributed by atoms with van der Waals surface area (Å²) in [6, 6.07) is 2.00. The number of hydrogen-bond acceptors (Lipinski definition) is 3. The summed E-state index contributed by atoms with van der Waals surface area (Å²) >= 11 is 2.00. The molecule has 0 amide bonds. The maximum Gasteiger partial charge on any atom is 0.121 e. The monoisotopic (exact) mass is 183 g/mol. The van der Waals surface area contributed by atoms with Gasteiger partial charge in [-0.05, 0) is 12.2 Å². The molecule has 0 radical (unpaired) electrons. The fourth-order valence-corrected chi connectivity index (χ4v) is 2.71. The second-order valence-corrected chi connectivity index (χ2v) is 4.33. The van der Waals surface area contributed by atoms with E-state index in [1.807, 2.05) is 24.9 Å². The maximum absolute atomic E-state index is 5.70. The lowest BCUT2D eigenvalue weighted by atomic mass is 10.1. The number of anilines is 1. The highest BCUT2D eigenvalue weighted by Crippen LogP contribution is 2.31. The minimum absolute atomic E-state index is 0.637. The van der Waals surface area contributed by atoms with Crippen molar-refractivity contribution < 1.29 is 0 Å². The summed E-state index contributed by atoms with van der Waals surface area (Å²) in [6.45, 7) is 0. The highest BCUT2D eigenvalue weighted by molar-refractivity contribution is 7.99. The third-order valence-corrected chi connectivity index (χ3v) is 3.45. The van der Waals surface area contributed by atoms with Crippen LogP contribution in [0.25, 0.3) is 0 Å². The Morgan fingerprint density at radius 1 is 1.75 bits per heavy atom. The summed E-state index contributed by atoms with van der Waals surface area (Å²) in [4.78, 5) is 0. The molecule has 3 nitrogen and oxygen atoms in total. The van der Waals surface area contributed by atoms with E-state index in [1.165, 1.54) is 23.6 Å². The summed E-state index contributed by atoms with van der Waals surface area (Å²) in [5.41, 5.74) is 6.87. The molecule has 2 N–H and O–H groups in total. The number of aromatic nitrogens is 2. The Labute approximate surface area is 76.3 Å². The average Bonchev–Trinajstić information content (AvgIpc) is 2.61. The van der Waals surface area contributed by atoms with Crippen molar-refractivity contribution in [3.05, 3.63) is 11.8 Å². The van der Waals surface area contributed by atoms with Gasteiger partial charge in [0.2, 0.25) is 0 Å². The van der Waals surface area contributed by atoms with E-state index in [2.05, 4.69) is 5.10 Å². The Morgan fingerprint density at radius 2 is 2.58 bits per heavy atom. The zero-order chi connectivity index (χ0) is 8.55. The summed E-state index contributed by atoms with van der Waals surface area (Å²) in [6.07, 6.45) is 1.25. The summed E-state index contributed by atoms with van der Waals surface area (Å²) in [5, 5.41) is 4.37. The van der Waals surface area contributed by atoms with Gasteiger partial charge < -0.3 is 5.73 Å². The highest BCUT2D eigenvalue weighted by atomic mass is 32.2. The van der Waals surface area contributed by atoms with Gasteiger partial charge in [0.05, 0.1) is 5.69 Å². The lowest BCUT2D eigenvalue weighted by molar-refractivity contribution is 0.693. The molecule has 1 aromatic heterocycles. The van der Waals surface area contributed by atoms with Crippen LogP contribution in [-0.4, -0.2) is 21.3 Å². The molecule has 0 bridgehead atoms. The smallest absolute Gasteiger partial charge is 0.121 e. The van der Waals surface area contributed by atoms with Crippen LogP contribution in [0.1, 0.15) is 18.0 Å². The number of hydrogen-bond donors (Lipinski definition) is 1. The van der Waals surface area contributed by atoms with Crippen LogP contribution in [0.15, 0.2) is 6.07 Å². The van der Waals surface area contributed by atoms with E-state index in [0.29, 0.717) is 5.92 Å². The molecule has 4 heteroatoms. The largest absolute Gasteiger partial charge is 0.384 e. The van der Waals surface area contributed by atoms with Gasteiger partial charge in [0, 0.05) is 24.8 Å². The van der Waals surface area contributed by atoms with E-state index in [4.69, 9.17) is 5.73 Å². The average molecular weight is 183 g/mol. The molecular weight excluding hydrogens is 170 g/mol. The Balaban J connectivity index is 2.21. The minimum Gasteiger partial charge on any atom is -0.384 e. The molecule has 1 unspecified atom stereocenters. The molecule has 2 heterocycles. The van der Waals surface area contributed by atoms with Crippen LogP contribution in [0.4, 0.5) is 5.82 Å². The molecule has 2 rings (SSSR count). The molecule has 0 aliphatic carbocycles. The Hall–Kier alpha value is -0.640. The van der Waals surface area contributed by atoms with Gasteiger partial charge in [0.1, 0.15) is 5.82 Å². The third-order valence-electron chi connectivity index (χ3n) is 2.28. The van der Waals surface area contributed by atoms with Gasteiger partial charge >= 0.3 is 0 Å². The van der Waals surface area contributed by atoms with Crippen molar-refractivity contribution in [1.82, 2.24) is 9.78 Å². The molecule has 0 spiro atoms. The minimum atomic E-state index is 0.637. The summed E-state index contributed by atoms with van der Waals surface area (Å²) < 4.78 is 1.75. The van der Waals surface area contributed by atoms with Gasteiger partial charge in [0.15, 0.2) is 0 Å². The topological polar surface area (TPSA) is 43.8 Å². The molecule has 0 saturated carbocycles. The van der Waals surface area contributed by atoms with Gasteiger partial charge in [-0.15, -0.1) is 0 Å². The molecule has 1 saturated heterocycles. The summed E-state index contributed by atoms with van der Waals surface area (Å²) in [7, 11) is 1.89. The molecule has 1 fully saturated rings. The van der Waals surface area contributed by atoms with Crippen molar-refractivity contribution in [2.45, 2.75) is 12.3 Å². The number of rotatable bonds is 1. The van der Waals surface area contributed by atoms with Crippen molar-refractivity contribution in [1.29, 1.82) is 0 Å². The third kappa shape index (κ3) is 1.31. The van der Waals surface area contributed by atoms with Crippen molar-refractivity contribution in [2.24, 2.45) is 7.05 Å². The van der Waals surface area contributed by atoms with E-state index < -0.39 is 0 Å². The Kier molecular flexibility index (Phi) is 2.00. The van der Waals surface area contributed by atoms with E-state index in [1.54, 1.807) is 4.68 Å². The quantitative estimate of drug-likeness (QED) is 0.712. The van der Waals surface area contributed by atoms with Crippen LogP contribution in [-0.2, 0) is 7.05 Å². The van der Waals surface area contributed by atoms with Crippen molar-refractivity contribution in [2.75, 3.05) is 17.2 Å². The molecule has 1 atom stereocenters. The first-order chi connectivity index (χ1) is 5.77. The lowest BCUT2D eigenvalue weighted by Gasteiger charge is -2.01. The second-order valence-electron chi connectivity index (χ2n) is 3.18. The van der Waals surface area contributed by atoms with Crippen LogP contribution in [0, 0.1) is 0 Å². The Morgan fingerprint density at radius 3 is 3.08 bits per heavy atom. The molecule has 1 aliphatic heterocycles. The first-order valence-corrected chi connectivity index (χ1v) is 5.30. The van der Waals surface area contributed by atoms with Crippen molar-refractivity contribution >= 4 is 17.6 Å². The predicted molar refractivity (Wildman–Crippen MR) is 52.3 cm³/mol. The van der Waals surface area contributed by atoms with E-state index >= 15 is 0 Å². The van der Waals surface area contributed by atoms with Gasteiger partial charge in [-0.3, -0.25) is 4.68 Å². The van der Waals surface area contributed by atoms with Gasteiger partial charge in [-0.1, -0.05) is 0 Å². The number of nitrogen functional groups attached to an aromatic ring is 1. The highest BCUT2D eigenvalue weighted by Gasteiger charge is 2.20. The van der Waals surface area contributed by atoms with Gasteiger partial charge in [0.25, 0.3) is 0 Å². The van der Waals surface area contributed by atoms with E-state index in [-0.39, 0.29) is 0 Å². The molecule has 1 aliphatic rings. The molecule has 12 heavy (non-hydrogen) atoms. The normalized spacial score (nSPS) is 23.2. The number of nitrogens with zero attached hydrogens (tertiary/aromatic N) is 2. The van der Waals surface area contributed by atoms with Crippen molar-refractivity contribution in [3.8, 4) is 0 Å².